The highest BCUT2D eigenvalue weighted by atomic mass is 16.5. The third-order valence-electron chi connectivity index (χ3n) is 5.10. The summed E-state index contributed by atoms with van der Waals surface area (Å²) in [4.78, 5) is 23.7. The molecule has 2 unspecified atom stereocenters. The lowest BCUT2D eigenvalue weighted by Gasteiger charge is -2.32. The van der Waals surface area contributed by atoms with Gasteiger partial charge < -0.3 is 20.1 Å². The Kier molecular flexibility index (Phi) is 4.98. The highest BCUT2D eigenvalue weighted by molar-refractivity contribution is 5.86. The van der Waals surface area contributed by atoms with Crippen LogP contribution in [0.15, 0.2) is 72.8 Å². The molecule has 30 heavy (non-hydrogen) atoms. The topological polar surface area (TPSA) is 104 Å². The van der Waals surface area contributed by atoms with Crippen LogP contribution in [0.4, 0.5) is 0 Å². The minimum absolute atomic E-state index is 0.00228. The van der Waals surface area contributed by atoms with E-state index in [1.54, 1.807) is 36.4 Å². The lowest BCUT2D eigenvalue weighted by atomic mass is 9.75. The van der Waals surface area contributed by atoms with Crippen molar-refractivity contribution in [3.8, 4) is 17.2 Å². The van der Waals surface area contributed by atoms with E-state index < -0.39 is 17.9 Å². The van der Waals surface area contributed by atoms with E-state index in [2.05, 4.69) is 0 Å². The molecule has 3 aromatic carbocycles. The molecular formula is C24H18O6. The molecule has 3 aromatic rings. The predicted molar refractivity (Wildman–Crippen MR) is 110 cm³/mol. The van der Waals surface area contributed by atoms with Crippen molar-refractivity contribution in [2.24, 2.45) is 0 Å². The summed E-state index contributed by atoms with van der Waals surface area (Å²) < 4.78 is 5.51. The maximum atomic E-state index is 12.9. The van der Waals surface area contributed by atoms with Crippen LogP contribution < -0.4 is 4.74 Å². The highest BCUT2D eigenvalue weighted by Gasteiger charge is 2.40. The monoisotopic (exact) mass is 402 g/mol. The van der Waals surface area contributed by atoms with Crippen LogP contribution in [0.1, 0.15) is 34.1 Å². The van der Waals surface area contributed by atoms with E-state index in [9.17, 15) is 19.8 Å². The van der Waals surface area contributed by atoms with Gasteiger partial charge in [-0.25, -0.2) is 4.79 Å². The number of aromatic hydroxyl groups is 2. The molecule has 0 spiro atoms. The van der Waals surface area contributed by atoms with Gasteiger partial charge in [0.25, 0.3) is 0 Å². The first-order chi connectivity index (χ1) is 14.4. The number of carbonyl (C=O) groups is 2. The number of phenolic OH excluding ortho intramolecular Hbond substituents is 2. The molecule has 6 heteroatoms. The maximum absolute atomic E-state index is 12.9. The molecule has 0 radical (unpaired) electrons. The number of carboxylic acids is 1. The van der Waals surface area contributed by atoms with Gasteiger partial charge in [0.2, 0.25) is 0 Å². The Balaban J connectivity index is 1.82. The quantitative estimate of drug-likeness (QED) is 0.346. The molecule has 2 atom stereocenters. The van der Waals surface area contributed by atoms with Crippen molar-refractivity contribution in [2.45, 2.75) is 11.8 Å². The maximum Gasteiger partial charge on any atom is 0.328 e. The van der Waals surface area contributed by atoms with Gasteiger partial charge in [-0.15, -0.1) is 0 Å². The molecule has 1 heterocycles. The first-order valence-corrected chi connectivity index (χ1v) is 9.27. The van der Waals surface area contributed by atoms with Crippen molar-refractivity contribution in [1.82, 2.24) is 0 Å². The van der Waals surface area contributed by atoms with Crippen molar-refractivity contribution in [3.05, 3.63) is 95.1 Å². The fraction of sp³-hybridized carbons (Fsp3) is 0.0833. The van der Waals surface area contributed by atoms with E-state index in [-0.39, 0.29) is 17.4 Å². The molecule has 0 fully saturated rings. The number of benzene rings is 3. The standard InChI is InChI=1S/C24H18O6/c25-17-8-6-16(7-9-17)23-22(15-4-1-14(2-5-15)3-12-21(27)28)19-11-10-18(26)13-20(19)30-24(23)29/h1-13,22-23,25-26H,(H,27,28). The second-order valence-electron chi connectivity index (χ2n) is 7.03. The third kappa shape index (κ3) is 3.75. The normalized spacial score (nSPS) is 18.1. The number of carboxylic acid groups (broad SMARTS) is 1. The van der Waals surface area contributed by atoms with Crippen molar-refractivity contribution in [1.29, 1.82) is 0 Å². The lowest BCUT2D eigenvalue weighted by Crippen LogP contribution is -2.30. The Morgan fingerprint density at radius 1 is 0.833 bits per heavy atom. The van der Waals surface area contributed by atoms with Gasteiger partial charge in [-0.2, -0.15) is 0 Å². The molecule has 0 saturated carbocycles. The van der Waals surface area contributed by atoms with E-state index in [4.69, 9.17) is 9.84 Å². The summed E-state index contributed by atoms with van der Waals surface area (Å²) >= 11 is 0. The number of fused-ring (bicyclic) bond motifs is 1. The predicted octanol–water partition coefficient (Wildman–Crippen LogP) is 4.03. The van der Waals surface area contributed by atoms with E-state index in [1.165, 1.54) is 24.3 Å². The van der Waals surface area contributed by atoms with E-state index in [0.717, 1.165) is 17.2 Å². The van der Waals surface area contributed by atoms with Crippen molar-refractivity contribution >= 4 is 18.0 Å². The summed E-state index contributed by atoms with van der Waals surface area (Å²) in [7, 11) is 0. The molecule has 6 nitrogen and oxygen atoms in total. The largest absolute Gasteiger partial charge is 0.508 e. The minimum atomic E-state index is -1.03. The Labute approximate surface area is 172 Å². The summed E-state index contributed by atoms with van der Waals surface area (Å²) in [6.07, 6.45) is 2.55. The minimum Gasteiger partial charge on any atom is -0.508 e. The average Bonchev–Trinajstić information content (AvgIpc) is 2.72. The first-order valence-electron chi connectivity index (χ1n) is 9.27. The Morgan fingerprint density at radius 3 is 2.10 bits per heavy atom. The SMILES string of the molecule is O=C(O)C=Cc1ccc(C2c3ccc(O)cc3OC(=O)C2c2ccc(O)cc2)cc1. The summed E-state index contributed by atoms with van der Waals surface area (Å²) in [5, 5.41) is 28.2. The number of carbonyl (C=O) groups excluding carboxylic acids is 1. The second-order valence-corrected chi connectivity index (χ2v) is 7.03. The zero-order chi connectivity index (χ0) is 21.3. The first kappa shape index (κ1) is 19.3. The van der Waals surface area contributed by atoms with Gasteiger partial charge in [-0.3, -0.25) is 4.79 Å². The molecule has 0 aliphatic carbocycles. The van der Waals surface area contributed by atoms with Gasteiger partial charge in [-0.1, -0.05) is 42.5 Å². The number of rotatable bonds is 4. The summed E-state index contributed by atoms with van der Waals surface area (Å²) in [6.45, 7) is 0. The number of hydrogen-bond donors (Lipinski definition) is 3. The van der Waals surface area contributed by atoms with Crippen molar-refractivity contribution in [3.63, 3.8) is 0 Å². The Bertz CT molecular complexity index is 1130. The van der Waals surface area contributed by atoms with Gasteiger partial charge in [0.15, 0.2) is 0 Å². The third-order valence-corrected chi connectivity index (χ3v) is 5.10. The van der Waals surface area contributed by atoms with Crippen molar-refractivity contribution in [2.75, 3.05) is 0 Å². The van der Waals surface area contributed by atoms with Crippen LogP contribution in [0.2, 0.25) is 0 Å². The Morgan fingerprint density at radius 2 is 1.43 bits per heavy atom. The fourth-order valence-electron chi connectivity index (χ4n) is 3.72. The molecule has 150 valence electrons. The van der Waals surface area contributed by atoms with Crippen LogP contribution in [0.5, 0.6) is 17.2 Å². The van der Waals surface area contributed by atoms with Gasteiger partial charge >= 0.3 is 11.9 Å². The van der Waals surface area contributed by atoms with Crippen LogP contribution in [-0.2, 0) is 9.59 Å². The van der Waals surface area contributed by atoms with Crippen LogP contribution in [0.3, 0.4) is 0 Å². The van der Waals surface area contributed by atoms with Gasteiger partial charge in [0.1, 0.15) is 17.2 Å². The molecule has 3 N–H and O–H groups in total. The number of phenols is 2. The highest BCUT2D eigenvalue weighted by Crippen LogP contribution is 2.47. The second kappa shape index (κ2) is 7.75. The molecule has 0 bridgehead atoms. The number of esters is 1. The molecule has 4 rings (SSSR count). The van der Waals surface area contributed by atoms with Crippen LogP contribution in [0, 0.1) is 0 Å². The number of hydrogen-bond acceptors (Lipinski definition) is 5. The van der Waals surface area contributed by atoms with Crippen molar-refractivity contribution < 1.29 is 29.6 Å². The Hall–Kier alpha value is -4.06. The molecule has 0 saturated heterocycles. The van der Waals surface area contributed by atoms with Gasteiger partial charge in [-0.05, 0) is 41.0 Å². The fourth-order valence-corrected chi connectivity index (χ4v) is 3.72. The summed E-state index contributed by atoms with van der Waals surface area (Å²) in [5.41, 5.74) is 2.99. The van der Waals surface area contributed by atoms with Gasteiger partial charge in [0, 0.05) is 23.6 Å². The molecule has 1 aliphatic rings. The van der Waals surface area contributed by atoms with Crippen LogP contribution in [-0.4, -0.2) is 27.3 Å². The van der Waals surface area contributed by atoms with E-state index >= 15 is 0 Å². The zero-order valence-corrected chi connectivity index (χ0v) is 15.7. The molecule has 0 aromatic heterocycles. The summed E-state index contributed by atoms with van der Waals surface area (Å²) in [6, 6.07) is 18.3. The lowest BCUT2D eigenvalue weighted by molar-refractivity contribution is -0.137. The van der Waals surface area contributed by atoms with E-state index in [0.29, 0.717) is 16.9 Å². The van der Waals surface area contributed by atoms with Gasteiger partial charge in [0.05, 0.1) is 5.92 Å². The van der Waals surface area contributed by atoms with E-state index in [1.807, 2.05) is 12.1 Å². The van der Waals surface area contributed by atoms with Crippen LogP contribution >= 0.6 is 0 Å². The average molecular weight is 402 g/mol. The molecular weight excluding hydrogens is 384 g/mol. The van der Waals surface area contributed by atoms with Crippen LogP contribution in [0.25, 0.3) is 6.08 Å². The number of aliphatic carboxylic acids is 1. The molecule has 1 aliphatic heterocycles. The summed E-state index contributed by atoms with van der Waals surface area (Å²) in [5.74, 6) is -2.13. The molecule has 0 amide bonds. The zero-order valence-electron chi connectivity index (χ0n) is 15.7. The smallest absolute Gasteiger partial charge is 0.328 e. The number of ether oxygens (including phenoxy) is 1.